The van der Waals surface area contributed by atoms with Crippen LogP contribution in [-0.4, -0.2) is 18.5 Å². The number of anilines is 1. The molecule has 2 aliphatic rings. The highest BCUT2D eigenvalue weighted by atomic mass is 15.1. The number of rotatable bonds is 0. The maximum absolute atomic E-state index is 6.09. The molecular weight excluding hydrogens is 220 g/mol. The maximum atomic E-state index is 6.09. The molecule has 0 bridgehead atoms. The van der Waals surface area contributed by atoms with Crippen molar-refractivity contribution in [1.29, 1.82) is 0 Å². The first kappa shape index (κ1) is 12.0. The van der Waals surface area contributed by atoms with Crippen molar-refractivity contribution in [2.75, 3.05) is 19.3 Å². The van der Waals surface area contributed by atoms with E-state index >= 15 is 0 Å². The molecule has 0 saturated carbocycles. The lowest BCUT2D eigenvalue weighted by molar-refractivity contribution is 0.207. The molecule has 0 saturated heterocycles. The van der Waals surface area contributed by atoms with Gasteiger partial charge in [-0.2, -0.15) is 0 Å². The monoisotopic (exact) mass is 244 g/mol. The molecule has 0 fully saturated rings. The highest BCUT2D eigenvalue weighted by Crippen LogP contribution is 2.42. The Balaban J connectivity index is 2.18. The molecule has 1 aliphatic carbocycles. The second kappa shape index (κ2) is 4.27. The lowest BCUT2D eigenvalue weighted by Crippen LogP contribution is -2.43. The normalized spacial score (nSPS) is 28.3. The topological polar surface area (TPSA) is 29.3 Å². The lowest BCUT2D eigenvalue weighted by Gasteiger charge is -2.43. The third-order valence-electron chi connectivity index (χ3n) is 4.66. The van der Waals surface area contributed by atoms with Gasteiger partial charge in [-0.15, -0.1) is 0 Å². The highest BCUT2D eigenvalue weighted by Gasteiger charge is 2.36. The number of benzene rings is 1. The highest BCUT2D eigenvalue weighted by molar-refractivity contribution is 5.53. The Morgan fingerprint density at radius 2 is 1.94 bits per heavy atom. The van der Waals surface area contributed by atoms with Gasteiger partial charge in [-0.3, -0.25) is 0 Å². The minimum Gasteiger partial charge on any atom is -0.399 e. The van der Waals surface area contributed by atoms with Gasteiger partial charge in [0.1, 0.15) is 0 Å². The van der Waals surface area contributed by atoms with Gasteiger partial charge in [0.2, 0.25) is 0 Å². The zero-order chi connectivity index (χ0) is 12.8. The molecule has 0 aromatic heterocycles. The molecule has 18 heavy (non-hydrogen) atoms. The predicted octanol–water partition coefficient (Wildman–Crippen LogP) is 3.09. The van der Waals surface area contributed by atoms with Gasteiger partial charge < -0.3 is 10.6 Å². The van der Waals surface area contributed by atoms with Gasteiger partial charge in [-0.05, 0) is 55.1 Å². The first-order valence-corrected chi connectivity index (χ1v) is 7.19. The van der Waals surface area contributed by atoms with Crippen LogP contribution in [0.4, 0.5) is 5.69 Å². The molecule has 2 heteroatoms. The molecule has 1 aliphatic heterocycles. The SMILES string of the molecule is CN1Cc2cc(N)cc3c2C(C)(CCCCC3)C1. The zero-order valence-corrected chi connectivity index (χ0v) is 11.6. The Kier molecular flexibility index (Phi) is 2.86. The molecule has 2 nitrogen and oxygen atoms in total. The van der Waals surface area contributed by atoms with E-state index in [9.17, 15) is 0 Å². The molecule has 1 unspecified atom stereocenters. The van der Waals surface area contributed by atoms with Crippen molar-refractivity contribution in [2.24, 2.45) is 0 Å². The average Bonchev–Trinajstić information content (AvgIpc) is 2.24. The van der Waals surface area contributed by atoms with Gasteiger partial charge >= 0.3 is 0 Å². The summed E-state index contributed by atoms with van der Waals surface area (Å²) in [5.41, 5.74) is 12.0. The second-order valence-electron chi connectivity index (χ2n) is 6.51. The average molecular weight is 244 g/mol. The number of nitrogens with two attached hydrogens (primary N) is 1. The summed E-state index contributed by atoms with van der Waals surface area (Å²) in [4.78, 5) is 2.45. The van der Waals surface area contributed by atoms with E-state index in [1.807, 2.05) is 0 Å². The van der Waals surface area contributed by atoms with Gasteiger partial charge in [0, 0.05) is 24.2 Å². The fourth-order valence-corrected chi connectivity index (χ4v) is 4.12. The van der Waals surface area contributed by atoms with Crippen LogP contribution in [-0.2, 0) is 18.4 Å². The van der Waals surface area contributed by atoms with E-state index in [0.717, 1.165) is 12.2 Å². The Labute approximate surface area is 110 Å². The minimum absolute atomic E-state index is 0.339. The van der Waals surface area contributed by atoms with Gasteiger partial charge in [-0.25, -0.2) is 0 Å². The number of nitrogens with zero attached hydrogens (tertiary/aromatic N) is 1. The smallest absolute Gasteiger partial charge is 0.0320 e. The van der Waals surface area contributed by atoms with Crippen molar-refractivity contribution in [3.63, 3.8) is 0 Å². The Hall–Kier alpha value is -1.02. The van der Waals surface area contributed by atoms with Crippen LogP contribution < -0.4 is 5.73 Å². The summed E-state index contributed by atoms with van der Waals surface area (Å²) in [6, 6.07) is 4.43. The lowest BCUT2D eigenvalue weighted by atomic mass is 9.69. The third-order valence-corrected chi connectivity index (χ3v) is 4.66. The van der Waals surface area contributed by atoms with E-state index in [2.05, 4.69) is 31.0 Å². The summed E-state index contributed by atoms with van der Waals surface area (Å²) in [6.45, 7) is 4.70. The molecule has 1 atom stereocenters. The van der Waals surface area contributed by atoms with Crippen LogP contribution >= 0.6 is 0 Å². The Bertz CT molecular complexity index is 449. The molecule has 1 aromatic carbocycles. The van der Waals surface area contributed by atoms with E-state index in [0.29, 0.717) is 5.41 Å². The van der Waals surface area contributed by atoms with Crippen LogP contribution in [0.2, 0.25) is 0 Å². The number of hydrogen-bond acceptors (Lipinski definition) is 2. The summed E-state index contributed by atoms with van der Waals surface area (Å²) in [5.74, 6) is 0. The van der Waals surface area contributed by atoms with Crippen molar-refractivity contribution < 1.29 is 0 Å². The van der Waals surface area contributed by atoms with Crippen molar-refractivity contribution in [3.8, 4) is 0 Å². The fraction of sp³-hybridized carbons (Fsp3) is 0.625. The molecule has 2 N–H and O–H groups in total. The third kappa shape index (κ3) is 1.93. The van der Waals surface area contributed by atoms with E-state index in [4.69, 9.17) is 5.73 Å². The second-order valence-corrected chi connectivity index (χ2v) is 6.51. The number of aryl methyl sites for hydroxylation is 1. The van der Waals surface area contributed by atoms with E-state index < -0.39 is 0 Å². The Morgan fingerprint density at radius 3 is 2.78 bits per heavy atom. The first-order chi connectivity index (χ1) is 8.58. The number of nitrogen functional groups attached to an aromatic ring is 1. The van der Waals surface area contributed by atoms with Crippen LogP contribution in [0.25, 0.3) is 0 Å². The van der Waals surface area contributed by atoms with Crippen molar-refractivity contribution in [2.45, 2.75) is 51.0 Å². The van der Waals surface area contributed by atoms with Crippen molar-refractivity contribution in [1.82, 2.24) is 4.90 Å². The van der Waals surface area contributed by atoms with Crippen LogP contribution in [0, 0.1) is 0 Å². The standard InChI is InChI=1S/C16H24N2/c1-16-7-5-3-4-6-12-8-14(17)9-13(15(12)16)10-18(2)11-16/h8-9H,3-7,10-11,17H2,1-2H3. The largest absolute Gasteiger partial charge is 0.399 e. The van der Waals surface area contributed by atoms with Gasteiger partial charge in [0.25, 0.3) is 0 Å². The van der Waals surface area contributed by atoms with Crippen molar-refractivity contribution >= 4 is 5.69 Å². The molecule has 0 amide bonds. The molecule has 3 rings (SSSR count). The minimum atomic E-state index is 0.339. The summed E-state index contributed by atoms with van der Waals surface area (Å²) in [5, 5.41) is 0. The molecule has 0 radical (unpaired) electrons. The van der Waals surface area contributed by atoms with Crippen molar-refractivity contribution in [3.05, 3.63) is 28.8 Å². The number of likely N-dealkylation sites (N-methyl/N-ethyl adjacent to an activating group) is 1. The fourth-order valence-electron chi connectivity index (χ4n) is 4.12. The number of hydrogen-bond donors (Lipinski definition) is 1. The van der Waals surface area contributed by atoms with Gasteiger partial charge in [0.15, 0.2) is 0 Å². The quantitative estimate of drug-likeness (QED) is 0.711. The summed E-state index contributed by atoms with van der Waals surface area (Å²) in [7, 11) is 2.23. The first-order valence-electron chi connectivity index (χ1n) is 7.19. The van der Waals surface area contributed by atoms with Crippen LogP contribution in [0.1, 0.15) is 49.3 Å². The molecule has 0 spiro atoms. The van der Waals surface area contributed by atoms with Gasteiger partial charge in [0.05, 0.1) is 0 Å². The van der Waals surface area contributed by atoms with Crippen LogP contribution in [0.3, 0.4) is 0 Å². The van der Waals surface area contributed by atoms with Gasteiger partial charge in [-0.1, -0.05) is 19.8 Å². The van der Waals surface area contributed by atoms with E-state index in [1.54, 1.807) is 5.56 Å². The van der Waals surface area contributed by atoms with E-state index in [1.165, 1.54) is 49.8 Å². The summed E-state index contributed by atoms with van der Waals surface area (Å²) >= 11 is 0. The molecule has 1 heterocycles. The maximum Gasteiger partial charge on any atom is 0.0320 e. The molecular formula is C16H24N2. The predicted molar refractivity (Wildman–Crippen MR) is 76.7 cm³/mol. The summed E-state index contributed by atoms with van der Waals surface area (Å²) in [6.07, 6.45) is 6.59. The van der Waals surface area contributed by atoms with Crippen LogP contribution in [0.15, 0.2) is 12.1 Å². The van der Waals surface area contributed by atoms with Crippen LogP contribution in [0.5, 0.6) is 0 Å². The molecule has 98 valence electrons. The Morgan fingerprint density at radius 1 is 1.17 bits per heavy atom. The van der Waals surface area contributed by atoms with E-state index in [-0.39, 0.29) is 0 Å². The molecule has 1 aromatic rings. The zero-order valence-electron chi connectivity index (χ0n) is 11.6. The summed E-state index contributed by atoms with van der Waals surface area (Å²) < 4.78 is 0.